The summed E-state index contributed by atoms with van der Waals surface area (Å²) in [6.07, 6.45) is 0.0484. The molecule has 1 aromatic rings. The van der Waals surface area contributed by atoms with Gasteiger partial charge in [-0.3, -0.25) is 9.59 Å². The van der Waals surface area contributed by atoms with Crippen LogP contribution in [0.3, 0.4) is 0 Å². The van der Waals surface area contributed by atoms with Gasteiger partial charge in [-0.15, -0.1) is 0 Å². The van der Waals surface area contributed by atoms with Crippen LogP contribution in [0.5, 0.6) is 11.5 Å². The second-order valence-electron chi connectivity index (χ2n) is 4.65. The lowest BCUT2D eigenvalue weighted by Crippen LogP contribution is -2.26. The van der Waals surface area contributed by atoms with Gasteiger partial charge in [0.05, 0.1) is 32.2 Å². The SMILES string of the molecule is COc1cccc(OC)c1CN1CC(C(=O)O)CC1=O. The van der Waals surface area contributed by atoms with Gasteiger partial charge >= 0.3 is 5.97 Å². The molecule has 1 saturated heterocycles. The van der Waals surface area contributed by atoms with E-state index >= 15 is 0 Å². The standard InChI is InChI=1S/C14H17NO5/c1-19-11-4-3-5-12(20-2)10(11)8-15-7-9(14(17)18)6-13(15)16/h3-5,9H,6-8H2,1-2H3,(H,17,18). The zero-order valence-electron chi connectivity index (χ0n) is 11.5. The summed E-state index contributed by atoms with van der Waals surface area (Å²) in [5.74, 6) is -0.492. The van der Waals surface area contributed by atoms with Crippen LogP contribution in [-0.2, 0) is 16.1 Å². The number of methoxy groups -OCH3 is 2. The Morgan fingerprint density at radius 3 is 2.40 bits per heavy atom. The van der Waals surface area contributed by atoms with Crippen LogP contribution in [0, 0.1) is 5.92 Å². The predicted octanol–water partition coefficient (Wildman–Crippen LogP) is 1.14. The number of nitrogens with zero attached hydrogens (tertiary/aromatic N) is 1. The van der Waals surface area contributed by atoms with E-state index in [-0.39, 0.29) is 25.4 Å². The van der Waals surface area contributed by atoms with Crippen molar-refractivity contribution in [2.75, 3.05) is 20.8 Å². The first kappa shape index (κ1) is 14.2. The molecular formula is C14H17NO5. The molecule has 1 aliphatic rings. The second kappa shape index (κ2) is 5.81. The molecule has 0 spiro atoms. The molecule has 1 amide bonds. The van der Waals surface area contributed by atoms with Crippen molar-refractivity contribution in [3.8, 4) is 11.5 Å². The Bertz CT molecular complexity index is 506. The smallest absolute Gasteiger partial charge is 0.308 e. The number of rotatable bonds is 5. The van der Waals surface area contributed by atoms with Crippen LogP contribution in [0.4, 0.5) is 0 Å². The number of hydrogen-bond acceptors (Lipinski definition) is 4. The van der Waals surface area contributed by atoms with E-state index in [1.165, 1.54) is 4.90 Å². The number of carboxylic acids is 1. The van der Waals surface area contributed by atoms with E-state index < -0.39 is 11.9 Å². The molecular weight excluding hydrogens is 262 g/mol. The van der Waals surface area contributed by atoms with E-state index in [2.05, 4.69) is 0 Å². The summed E-state index contributed by atoms with van der Waals surface area (Å²) in [6, 6.07) is 5.37. The van der Waals surface area contributed by atoms with E-state index in [1.54, 1.807) is 32.4 Å². The molecule has 20 heavy (non-hydrogen) atoms. The van der Waals surface area contributed by atoms with E-state index in [0.717, 1.165) is 5.56 Å². The number of amides is 1. The number of benzene rings is 1. The zero-order valence-corrected chi connectivity index (χ0v) is 11.5. The third kappa shape index (κ3) is 2.68. The molecule has 1 fully saturated rings. The summed E-state index contributed by atoms with van der Waals surface area (Å²) in [7, 11) is 3.09. The Labute approximate surface area is 116 Å². The fraction of sp³-hybridized carbons (Fsp3) is 0.429. The summed E-state index contributed by atoms with van der Waals surface area (Å²) in [4.78, 5) is 24.4. The molecule has 1 aromatic carbocycles. The van der Waals surface area contributed by atoms with Crippen LogP contribution in [0.1, 0.15) is 12.0 Å². The molecule has 0 radical (unpaired) electrons. The average Bonchev–Trinajstić information content (AvgIpc) is 2.80. The van der Waals surface area contributed by atoms with Gasteiger partial charge in [0.15, 0.2) is 0 Å². The number of carboxylic acid groups (broad SMARTS) is 1. The molecule has 1 aliphatic heterocycles. The second-order valence-corrected chi connectivity index (χ2v) is 4.65. The number of ether oxygens (including phenoxy) is 2. The molecule has 1 atom stereocenters. The van der Waals surface area contributed by atoms with Crippen molar-refractivity contribution < 1.29 is 24.2 Å². The monoisotopic (exact) mass is 279 g/mol. The topological polar surface area (TPSA) is 76.1 Å². The average molecular weight is 279 g/mol. The number of aliphatic carboxylic acids is 1. The van der Waals surface area contributed by atoms with Crippen molar-refractivity contribution in [1.82, 2.24) is 4.90 Å². The highest BCUT2D eigenvalue weighted by Crippen LogP contribution is 2.31. The first-order valence-electron chi connectivity index (χ1n) is 6.27. The zero-order chi connectivity index (χ0) is 14.7. The molecule has 0 aromatic heterocycles. The minimum atomic E-state index is -0.937. The summed E-state index contributed by atoms with van der Waals surface area (Å²) < 4.78 is 10.5. The Morgan fingerprint density at radius 2 is 1.95 bits per heavy atom. The van der Waals surface area contributed by atoms with Gasteiger partial charge in [-0.05, 0) is 12.1 Å². The van der Waals surface area contributed by atoms with Gasteiger partial charge in [-0.2, -0.15) is 0 Å². The fourth-order valence-electron chi connectivity index (χ4n) is 2.37. The van der Waals surface area contributed by atoms with Gasteiger partial charge in [0, 0.05) is 13.0 Å². The van der Waals surface area contributed by atoms with Crippen molar-refractivity contribution in [1.29, 1.82) is 0 Å². The van der Waals surface area contributed by atoms with Crippen LogP contribution >= 0.6 is 0 Å². The molecule has 0 aliphatic carbocycles. The van der Waals surface area contributed by atoms with Crippen molar-refractivity contribution in [2.45, 2.75) is 13.0 Å². The molecule has 6 heteroatoms. The van der Waals surface area contributed by atoms with E-state index in [1.807, 2.05) is 0 Å². The van der Waals surface area contributed by atoms with E-state index in [9.17, 15) is 9.59 Å². The third-order valence-corrected chi connectivity index (χ3v) is 3.44. The molecule has 0 saturated carbocycles. The molecule has 108 valence electrons. The Morgan fingerprint density at radius 1 is 1.35 bits per heavy atom. The summed E-state index contributed by atoms with van der Waals surface area (Å²) in [5, 5.41) is 8.99. The molecule has 6 nitrogen and oxygen atoms in total. The lowest BCUT2D eigenvalue weighted by atomic mass is 10.1. The normalized spacial score (nSPS) is 18.2. The minimum absolute atomic E-state index is 0.0484. The maximum atomic E-state index is 11.9. The highest BCUT2D eigenvalue weighted by molar-refractivity contribution is 5.86. The van der Waals surface area contributed by atoms with E-state index in [4.69, 9.17) is 14.6 Å². The van der Waals surface area contributed by atoms with Crippen molar-refractivity contribution in [3.63, 3.8) is 0 Å². The quantitative estimate of drug-likeness (QED) is 0.874. The molecule has 1 heterocycles. The van der Waals surface area contributed by atoms with Crippen LogP contribution < -0.4 is 9.47 Å². The molecule has 1 N–H and O–H groups in total. The lowest BCUT2D eigenvalue weighted by molar-refractivity contribution is -0.141. The fourth-order valence-corrected chi connectivity index (χ4v) is 2.37. The number of likely N-dealkylation sites (tertiary alicyclic amines) is 1. The maximum Gasteiger partial charge on any atom is 0.308 e. The van der Waals surface area contributed by atoms with Gasteiger partial charge in [-0.25, -0.2) is 0 Å². The number of carbonyl (C=O) groups is 2. The van der Waals surface area contributed by atoms with Gasteiger partial charge in [-0.1, -0.05) is 6.07 Å². The molecule has 1 unspecified atom stereocenters. The first-order valence-corrected chi connectivity index (χ1v) is 6.27. The van der Waals surface area contributed by atoms with Crippen LogP contribution in [0.25, 0.3) is 0 Å². The van der Waals surface area contributed by atoms with Crippen LogP contribution in [0.15, 0.2) is 18.2 Å². The molecule has 2 rings (SSSR count). The third-order valence-electron chi connectivity index (χ3n) is 3.44. The highest BCUT2D eigenvalue weighted by atomic mass is 16.5. The van der Waals surface area contributed by atoms with Crippen LogP contribution in [-0.4, -0.2) is 42.6 Å². The van der Waals surface area contributed by atoms with Gasteiger partial charge in [0.25, 0.3) is 0 Å². The first-order chi connectivity index (χ1) is 9.56. The van der Waals surface area contributed by atoms with Crippen LogP contribution in [0.2, 0.25) is 0 Å². The molecule has 0 bridgehead atoms. The Kier molecular flexibility index (Phi) is 4.12. The predicted molar refractivity (Wildman–Crippen MR) is 70.7 cm³/mol. The van der Waals surface area contributed by atoms with Crippen molar-refractivity contribution >= 4 is 11.9 Å². The van der Waals surface area contributed by atoms with Crippen molar-refractivity contribution in [2.24, 2.45) is 5.92 Å². The van der Waals surface area contributed by atoms with Gasteiger partial charge in [0.1, 0.15) is 11.5 Å². The summed E-state index contributed by atoms with van der Waals surface area (Å²) >= 11 is 0. The Hall–Kier alpha value is -2.24. The lowest BCUT2D eigenvalue weighted by Gasteiger charge is -2.20. The minimum Gasteiger partial charge on any atom is -0.496 e. The number of hydrogen-bond donors (Lipinski definition) is 1. The maximum absolute atomic E-state index is 11.9. The van der Waals surface area contributed by atoms with Gasteiger partial charge < -0.3 is 19.5 Å². The highest BCUT2D eigenvalue weighted by Gasteiger charge is 2.34. The number of carbonyl (C=O) groups excluding carboxylic acids is 1. The largest absolute Gasteiger partial charge is 0.496 e. The Balaban J connectivity index is 2.22. The summed E-state index contributed by atoms with van der Waals surface area (Å²) in [5.41, 5.74) is 0.747. The van der Waals surface area contributed by atoms with Gasteiger partial charge in [0.2, 0.25) is 5.91 Å². The van der Waals surface area contributed by atoms with Crippen molar-refractivity contribution in [3.05, 3.63) is 23.8 Å². The summed E-state index contributed by atoms with van der Waals surface area (Å²) in [6.45, 7) is 0.505. The van der Waals surface area contributed by atoms with E-state index in [0.29, 0.717) is 11.5 Å².